The summed E-state index contributed by atoms with van der Waals surface area (Å²) in [5.41, 5.74) is 28.8. The minimum atomic E-state index is -0.681. The fourth-order valence-electron chi connectivity index (χ4n) is 14.6. The van der Waals surface area contributed by atoms with Gasteiger partial charge in [-0.15, -0.1) is 11.3 Å². The minimum Gasteiger partial charge on any atom is -0.310 e. The van der Waals surface area contributed by atoms with Crippen LogP contribution in [-0.4, -0.2) is 0 Å². The van der Waals surface area contributed by atoms with Gasteiger partial charge in [-0.1, -0.05) is 202 Å². The highest BCUT2D eigenvalue weighted by molar-refractivity contribution is 7.25. The molecule has 2 heterocycles. The second-order valence-electron chi connectivity index (χ2n) is 22.3. The summed E-state index contributed by atoms with van der Waals surface area (Å²) in [5, 5.41) is 2.63. The van der Waals surface area contributed by atoms with Crippen molar-refractivity contribution >= 4 is 65.6 Å². The second-order valence-corrected chi connectivity index (χ2v) is 23.4. The van der Waals surface area contributed by atoms with E-state index in [4.69, 9.17) is 0 Å². The van der Waals surface area contributed by atoms with Crippen LogP contribution in [0.4, 0.5) is 34.1 Å². The molecule has 0 bridgehead atoms. The van der Waals surface area contributed by atoms with Crippen LogP contribution in [0.1, 0.15) is 47.2 Å². The Morgan fingerprint density at radius 2 is 0.747 bits per heavy atom. The van der Waals surface area contributed by atoms with Gasteiger partial charge in [0.15, 0.2) is 0 Å². The van der Waals surface area contributed by atoms with E-state index in [9.17, 15) is 0 Å². The number of hydrogen-bond acceptors (Lipinski definition) is 3. The lowest BCUT2D eigenvalue weighted by atomic mass is 9.65. The Morgan fingerprint density at radius 1 is 0.291 bits per heavy atom. The minimum absolute atomic E-state index is 0.206. The van der Waals surface area contributed by atoms with E-state index in [1.165, 1.54) is 120 Å². The van der Waals surface area contributed by atoms with Gasteiger partial charge >= 0.3 is 0 Å². The van der Waals surface area contributed by atoms with E-state index in [0.29, 0.717) is 0 Å². The molecule has 1 unspecified atom stereocenters. The van der Waals surface area contributed by atoms with Gasteiger partial charge in [0.25, 0.3) is 0 Å². The first-order valence-corrected chi connectivity index (χ1v) is 28.4. The highest BCUT2D eigenvalue weighted by Gasteiger charge is 2.50. The van der Waals surface area contributed by atoms with Crippen molar-refractivity contribution in [2.24, 2.45) is 0 Å². The first kappa shape index (κ1) is 44.6. The van der Waals surface area contributed by atoms with Gasteiger partial charge in [-0.2, -0.15) is 0 Å². The van der Waals surface area contributed by atoms with Crippen LogP contribution >= 0.6 is 11.3 Å². The van der Waals surface area contributed by atoms with Crippen LogP contribution in [0.25, 0.3) is 86.9 Å². The zero-order valence-electron chi connectivity index (χ0n) is 43.7. The standard InChI is InChI=1S/C76H50N2S/c1-75(2)65-31-15-10-27-56(65)59-40-37-49(43-68(59)75)77(48-38-41-72-63(42-48)54-25-9-8-24-53(54)60-29-13-18-34-71(60)78(72)47-20-4-3-5-21-47)50-36-39-58-52-23-7-6-22-51(52)55-26-11-16-32-66(55)76(69(58)44-50)67-33-17-12-28-57(67)62-45-64-61-30-14-19-35-73(61)79-74(64)46-70(62)76/h3-46H,1-2H3. The Balaban J connectivity index is 0.975. The molecule has 1 spiro atoms. The van der Waals surface area contributed by atoms with Crippen LogP contribution in [0, 0.1) is 0 Å². The van der Waals surface area contributed by atoms with E-state index in [-0.39, 0.29) is 5.41 Å². The number of hydrogen-bond donors (Lipinski definition) is 0. The van der Waals surface area contributed by atoms with Crippen molar-refractivity contribution in [2.45, 2.75) is 24.7 Å². The van der Waals surface area contributed by atoms with Gasteiger partial charge in [-0.05, 0) is 168 Å². The van der Waals surface area contributed by atoms with E-state index in [0.717, 1.165) is 34.1 Å². The van der Waals surface area contributed by atoms with E-state index in [2.05, 4.69) is 291 Å². The lowest BCUT2D eigenvalue weighted by Gasteiger charge is -2.37. The molecule has 12 aromatic carbocycles. The predicted octanol–water partition coefficient (Wildman–Crippen LogP) is 21.0. The monoisotopic (exact) mass is 1020 g/mol. The molecule has 3 aliphatic carbocycles. The van der Waals surface area contributed by atoms with Gasteiger partial charge in [0.05, 0.1) is 16.8 Å². The summed E-state index contributed by atoms with van der Waals surface area (Å²) in [5.74, 6) is 0. The van der Waals surface area contributed by atoms with Crippen LogP contribution in [0.15, 0.2) is 267 Å². The van der Waals surface area contributed by atoms with Gasteiger partial charge in [-0.3, -0.25) is 0 Å². The molecule has 1 aliphatic heterocycles. The van der Waals surface area contributed by atoms with Crippen LogP contribution in [0.2, 0.25) is 0 Å². The van der Waals surface area contributed by atoms with Crippen LogP contribution in [0.3, 0.4) is 0 Å². The summed E-state index contributed by atoms with van der Waals surface area (Å²) >= 11 is 1.91. The SMILES string of the molecule is CC1(C)c2ccccc2-c2ccc(N(c3ccc4c(c3)-c3ccccc3-c3ccccc3N4c3ccccc3)c3ccc4c(c3)C3(c5ccccc5-c5ccccc5-4)c4ccccc4-c4cc5c(cc43)sc3ccccc35)cc21. The van der Waals surface area contributed by atoms with Gasteiger partial charge in [-0.25, -0.2) is 0 Å². The van der Waals surface area contributed by atoms with Gasteiger partial charge in [0.2, 0.25) is 0 Å². The first-order valence-electron chi connectivity index (χ1n) is 27.6. The summed E-state index contributed by atoms with van der Waals surface area (Å²) in [6.07, 6.45) is 0. The molecule has 1 aromatic heterocycles. The Labute approximate surface area is 464 Å². The summed E-state index contributed by atoms with van der Waals surface area (Å²) in [6.45, 7) is 4.79. The van der Waals surface area contributed by atoms with Crippen molar-refractivity contribution in [3.05, 3.63) is 300 Å². The summed E-state index contributed by atoms with van der Waals surface area (Å²) in [4.78, 5) is 5.01. The number of anilines is 6. The zero-order valence-corrected chi connectivity index (χ0v) is 44.5. The molecule has 0 amide bonds. The Morgan fingerprint density at radius 3 is 1.44 bits per heavy atom. The average Bonchev–Trinajstić information content (AvgIpc) is 4.00. The molecule has 370 valence electrons. The maximum atomic E-state index is 2.58. The third-order valence-electron chi connectivity index (χ3n) is 18.0. The van der Waals surface area contributed by atoms with E-state index in [1.54, 1.807) is 0 Å². The Kier molecular flexibility index (Phi) is 9.30. The predicted molar refractivity (Wildman–Crippen MR) is 332 cm³/mol. The summed E-state index contributed by atoms with van der Waals surface area (Å²) < 4.78 is 2.62. The van der Waals surface area contributed by atoms with Crippen LogP contribution in [0.5, 0.6) is 0 Å². The molecule has 1 atom stereocenters. The van der Waals surface area contributed by atoms with Crippen molar-refractivity contribution < 1.29 is 0 Å². The highest BCUT2D eigenvalue weighted by Crippen LogP contribution is 2.64. The number of thiophene rings is 1. The van der Waals surface area contributed by atoms with Crippen LogP contribution < -0.4 is 9.80 Å². The molecule has 0 saturated carbocycles. The number of nitrogens with zero attached hydrogens (tertiary/aromatic N) is 2. The summed E-state index contributed by atoms with van der Waals surface area (Å²) in [7, 11) is 0. The number of fused-ring (bicyclic) bond motifs is 23. The molecule has 0 radical (unpaired) electrons. The Hall–Kier alpha value is -9.54. The molecule has 0 fully saturated rings. The maximum absolute atomic E-state index is 2.58. The topological polar surface area (TPSA) is 6.48 Å². The smallest absolute Gasteiger partial charge is 0.0726 e. The molecule has 17 rings (SSSR count). The fourth-order valence-corrected chi connectivity index (χ4v) is 15.7. The lowest BCUT2D eigenvalue weighted by Crippen LogP contribution is -2.29. The molecule has 0 N–H and O–H groups in total. The first-order chi connectivity index (χ1) is 38.9. The zero-order chi connectivity index (χ0) is 52.1. The maximum Gasteiger partial charge on any atom is 0.0726 e. The van der Waals surface area contributed by atoms with Crippen molar-refractivity contribution in [3.63, 3.8) is 0 Å². The molecule has 79 heavy (non-hydrogen) atoms. The lowest BCUT2D eigenvalue weighted by molar-refractivity contribution is 0.660. The second kappa shape index (κ2) is 16.5. The highest BCUT2D eigenvalue weighted by atomic mass is 32.1. The van der Waals surface area contributed by atoms with E-state index in [1.807, 2.05) is 11.3 Å². The van der Waals surface area contributed by atoms with Crippen molar-refractivity contribution in [1.29, 1.82) is 0 Å². The largest absolute Gasteiger partial charge is 0.310 e. The molecular weight excluding hydrogens is 973 g/mol. The number of para-hydroxylation sites is 2. The summed E-state index contributed by atoms with van der Waals surface area (Å²) in [6, 6.07) is 101. The van der Waals surface area contributed by atoms with Gasteiger partial charge in [0, 0.05) is 59.5 Å². The molecule has 3 heteroatoms. The molecule has 4 aliphatic rings. The van der Waals surface area contributed by atoms with Crippen molar-refractivity contribution in [2.75, 3.05) is 9.80 Å². The van der Waals surface area contributed by atoms with Crippen LogP contribution in [-0.2, 0) is 10.8 Å². The third-order valence-corrected chi connectivity index (χ3v) is 19.2. The average molecular weight is 1020 g/mol. The number of rotatable bonds is 4. The van der Waals surface area contributed by atoms with E-state index < -0.39 is 5.41 Å². The quantitative estimate of drug-likeness (QED) is 0.173. The Bertz CT molecular complexity index is 4730. The van der Waals surface area contributed by atoms with Gasteiger partial charge < -0.3 is 9.80 Å². The van der Waals surface area contributed by atoms with Crippen molar-refractivity contribution in [1.82, 2.24) is 0 Å². The molecule has 2 nitrogen and oxygen atoms in total. The van der Waals surface area contributed by atoms with Gasteiger partial charge in [0.1, 0.15) is 0 Å². The molecular formula is C76H50N2S. The molecule has 0 saturated heterocycles. The molecule has 13 aromatic rings. The normalized spacial score (nSPS) is 15.3. The number of benzene rings is 12. The van der Waals surface area contributed by atoms with E-state index >= 15 is 0 Å². The van der Waals surface area contributed by atoms with Crippen molar-refractivity contribution in [3.8, 4) is 66.8 Å². The third kappa shape index (κ3) is 6.11. The fraction of sp³-hybridized carbons (Fsp3) is 0.0526.